The van der Waals surface area contributed by atoms with Crippen LogP contribution in [0.2, 0.25) is 0 Å². The van der Waals surface area contributed by atoms with Gasteiger partial charge in [0.25, 0.3) is 0 Å². The van der Waals surface area contributed by atoms with E-state index in [4.69, 9.17) is 0 Å². The largest absolute Gasteiger partial charge is 0.389 e. The third-order valence-electron chi connectivity index (χ3n) is 4.00. The monoisotopic (exact) mass is 282 g/mol. The maximum absolute atomic E-state index is 9.54. The molecule has 0 aliphatic rings. The molecular weight excluding hydrogens is 256 g/mol. The summed E-state index contributed by atoms with van der Waals surface area (Å²) in [7, 11) is 0. The van der Waals surface area contributed by atoms with Crippen LogP contribution in [0.3, 0.4) is 0 Å². The summed E-state index contributed by atoms with van der Waals surface area (Å²) < 4.78 is 0. The van der Waals surface area contributed by atoms with Gasteiger partial charge in [0.1, 0.15) is 0 Å². The Balaban J connectivity index is 1.98. The van der Waals surface area contributed by atoms with Gasteiger partial charge in [-0.05, 0) is 42.0 Å². The Bertz CT molecular complexity index is 523. The van der Waals surface area contributed by atoms with Crippen molar-refractivity contribution in [3.05, 3.63) is 59.7 Å². The first-order valence-electron chi connectivity index (χ1n) is 8.08. The van der Waals surface area contributed by atoms with Crippen molar-refractivity contribution < 1.29 is 5.11 Å². The molecule has 0 saturated carbocycles. The number of benzene rings is 2. The summed E-state index contributed by atoms with van der Waals surface area (Å²) >= 11 is 0. The van der Waals surface area contributed by atoms with Crippen LogP contribution in [0, 0.1) is 0 Å². The maximum atomic E-state index is 9.54. The molecule has 1 unspecified atom stereocenters. The first kappa shape index (κ1) is 15.8. The minimum absolute atomic E-state index is 0.399. The van der Waals surface area contributed by atoms with E-state index in [9.17, 15) is 5.11 Å². The van der Waals surface area contributed by atoms with Crippen LogP contribution >= 0.6 is 0 Å². The van der Waals surface area contributed by atoms with Crippen molar-refractivity contribution >= 4 is 0 Å². The molecular formula is C20H26O. The number of rotatable bonds is 7. The highest BCUT2D eigenvalue weighted by molar-refractivity contribution is 5.64. The SMILES string of the molecule is CCCCCCc1ccc(-c2ccc(C(C)O)cc2)cc1. The molecule has 0 aliphatic heterocycles. The second kappa shape index (κ2) is 7.99. The van der Waals surface area contributed by atoms with Gasteiger partial charge < -0.3 is 5.11 Å². The van der Waals surface area contributed by atoms with Gasteiger partial charge in [0, 0.05) is 0 Å². The van der Waals surface area contributed by atoms with Crippen LogP contribution in [-0.2, 0) is 6.42 Å². The van der Waals surface area contributed by atoms with E-state index in [0.717, 1.165) is 5.56 Å². The molecule has 2 aromatic rings. The summed E-state index contributed by atoms with van der Waals surface area (Å²) in [5.74, 6) is 0. The molecule has 0 saturated heterocycles. The van der Waals surface area contributed by atoms with Crippen molar-refractivity contribution in [3.8, 4) is 11.1 Å². The fourth-order valence-electron chi connectivity index (χ4n) is 2.57. The lowest BCUT2D eigenvalue weighted by Gasteiger charge is -2.07. The standard InChI is InChI=1S/C20H26O/c1-3-4-5-6-7-17-8-10-19(11-9-17)20-14-12-18(13-15-20)16(2)21/h8-16,21H,3-7H2,1-2H3. The number of hydrogen-bond donors (Lipinski definition) is 1. The Kier molecular flexibility index (Phi) is 6.01. The fourth-order valence-corrected chi connectivity index (χ4v) is 2.57. The minimum atomic E-state index is -0.399. The van der Waals surface area contributed by atoms with Crippen molar-refractivity contribution in [2.24, 2.45) is 0 Å². The Morgan fingerprint density at radius 2 is 1.38 bits per heavy atom. The van der Waals surface area contributed by atoms with E-state index in [1.165, 1.54) is 48.8 Å². The number of aryl methyl sites for hydroxylation is 1. The molecule has 0 heterocycles. The lowest BCUT2D eigenvalue weighted by Crippen LogP contribution is -1.90. The van der Waals surface area contributed by atoms with Gasteiger partial charge in [0.2, 0.25) is 0 Å². The molecule has 2 rings (SSSR count). The normalized spacial score (nSPS) is 12.3. The van der Waals surface area contributed by atoms with E-state index in [2.05, 4.69) is 43.3 Å². The van der Waals surface area contributed by atoms with Gasteiger partial charge in [0.05, 0.1) is 6.10 Å². The summed E-state index contributed by atoms with van der Waals surface area (Å²) in [6.07, 6.45) is 6.04. The highest BCUT2D eigenvalue weighted by atomic mass is 16.3. The zero-order valence-corrected chi connectivity index (χ0v) is 13.2. The van der Waals surface area contributed by atoms with Gasteiger partial charge in [0.15, 0.2) is 0 Å². The number of hydrogen-bond acceptors (Lipinski definition) is 1. The zero-order valence-electron chi connectivity index (χ0n) is 13.2. The Labute approximate surface area is 128 Å². The van der Waals surface area contributed by atoms with Crippen molar-refractivity contribution in [2.45, 2.75) is 52.1 Å². The van der Waals surface area contributed by atoms with Gasteiger partial charge in [-0.1, -0.05) is 74.7 Å². The molecule has 1 N–H and O–H groups in total. The van der Waals surface area contributed by atoms with Crippen LogP contribution in [-0.4, -0.2) is 5.11 Å². The molecule has 0 amide bonds. The van der Waals surface area contributed by atoms with E-state index >= 15 is 0 Å². The van der Waals surface area contributed by atoms with E-state index in [1.807, 2.05) is 12.1 Å². The second-order valence-electron chi connectivity index (χ2n) is 5.81. The molecule has 0 radical (unpaired) electrons. The molecule has 0 spiro atoms. The third-order valence-corrected chi connectivity index (χ3v) is 4.00. The molecule has 1 heteroatoms. The molecule has 21 heavy (non-hydrogen) atoms. The van der Waals surface area contributed by atoms with E-state index in [-0.39, 0.29) is 0 Å². The van der Waals surface area contributed by atoms with Crippen LogP contribution < -0.4 is 0 Å². The van der Waals surface area contributed by atoms with Crippen LogP contribution in [0.5, 0.6) is 0 Å². The van der Waals surface area contributed by atoms with Crippen LogP contribution in [0.25, 0.3) is 11.1 Å². The van der Waals surface area contributed by atoms with Crippen molar-refractivity contribution in [1.29, 1.82) is 0 Å². The highest BCUT2D eigenvalue weighted by Gasteiger charge is 2.02. The zero-order chi connectivity index (χ0) is 15.1. The Hall–Kier alpha value is -1.60. The first-order valence-corrected chi connectivity index (χ1v) is 8.08. The highest BCUT2D eigenvalue weighted by Crippen LogP contribution is 2.23. The lowest BCUT2D eigenvalue weighted by molar-refractivity contribution is 0.199. The molecule has 0 aliphatic carbocycles. The molecule has 1 nitrogen and oxygen atoms in total. The average molecular weight is 282 g/mol. The summed E-state index contributed by atoms with van der Waals surface area (Å²) in [5, 5.41) is 9.54. The summed E-state index contributed by atoms with van der Waals surface area (Å²) in [6, 6.07) is 17.0. The van der Waals surface area contributed by atoms with Gasteiger partial charge in [-0.25, -0.2) is 0 Å². The topological polar surface area (TPSA) is 20.2 Å². The maximum Gasteiger partial charge on any atom is 0.0761 e. The van der Waals surface area contributed by atoms with Crippen LogP contribution in [0.15, 0.2) is 48.5 Å². The van der Waals surface area contributed by atoms with Crippen molar-refractivity contribution in [1.82, 2.24) is 0 Å². The number of unbranched alkanes of at least 4 members (excludes halogenated alkanes) is 3. The summed E-state index contributed by atoms with van der Waals surface area (Å²) in [5.41, 5.74) is 4.84. The fraction of sp³-hybridized carbons (Fsp3) is 0.400. The molecule has 2 aromatic carbocycles. The molecule has 1 atom stereocenters. The summed E-state index contributed by atoms with van der Waals surface area (Å²) in [4.78, 5) is 0. The van der Waals surface area contributed by atoms with Gasteiger partial charge >= 0.3 is 0 Å². The first-order chi connectivity index (χ1) is 10.2. The molecule has 0 bridgehead atoms. The van der Waals surface area contributed by atoms with Crippen molar-refractivity contribution in [3.63, 3.8) is 0 Å². The second-order valence-corrected chi connectivity index (χ2v) is 5.81. The van der Waals surface area contributed by atoms with E-state index < -0.39 is 6.10 Å². The number of aliphatic hydroxyl groups excluding tert-OH is 1. The Morgan fingerprint density at radius 3 is 1.90 bits per heavy atom. The van der Waals surface area contributed by atoms with Crippen LogP contribution in [0.1, 0.15) is 56.8 Å². The van der Waals surface area contributed by atoms with Gasteiger partial charge in [-0.15, -0.1) is 0 Å². The third kappa shape index (κ3) is 4.71. The minimum Gasteiger partial charge on any atom is -0.389 e. The average Bonchev–Trinajstić information content (AvgIpc) is 2.52. The van der Waals surface area contributed by atoms with Gasteiger partial charge in [-0.2, -0.15) is 0 Å². The van der Waals surface area contributed by atoms with Crippen molar-refractivity contribution in [2.75, 3.05) is 0 Å². The molecule has 112 valence electrons. The predicted octanol–water partition coefficient (Wildman–Crippen LogP) is 5.53. The van der Waals surface area contributed by atoms with E-state index in [0.29, 0.717) is 0 Å². The number of aliphatic hydroxyl groups is 1. The molecule has 0 aromatic heterocycles. The Morgan fingerprint density at radius 1 is 0.810 bits per heavy atom. The summed E-state index contributed by atoms with van der Waals surface area (Å²) in [6.45, 7) is 4.04. The molecule has 0 fully saturated rings. The van der Waals surface area contributed by atoms with Gasteiger partial charge in [-0.3, -0.25) is 0 Å². The predicted molar refractivity (Wildman–Crippen MR) is 90.4 cm³/mol. The van der Waals surface area contributed by atoms with Crippen LogP contribution in [0.4, 0.5) is 0 Å². The quantitative estimate of drug-likeness (QED) is 0.662. The lowest BCUT2D eigenvalue weighted by atomic mass is 9.99. The smallest absolute Gasteiger partial charge is 0.0761 e. The van der Waals surface area contributed by atoms with E-state index in [1.54, 1.807) is 6.92 Å².